The fourth-order valence-electron chi connectivity index (χ4n) is 1.95. The van der Waals surface area contributed by atoms with Crippen molar-refractivity contribution in [1.29, 1.82) is 0 Å². The van der Waals surface area contributed by atoms with E-state index in [0.717, 1.165) is 16.4 Å². The first-order valence-electron chi connectivity index (χ1n) is 6.49. The number of hydrogen-bond acceptors (Lipinski definition) is 2. The first-order valence-corrected chi connectivity index (χ1v) is 8.30. The molecule has 0 N–H and O–H groups in total. The van der Waals surface area contributed by atoms with Gasteiger partial charge in [-0.2, -0.15) is 17.5 Å². The lowest BCUT2D eigenvalue weighted by Crippen LogP contribution is -2.26. The standard InChI is InChI=1S/C15H13ClF3NO2S/c1-20(23(21,22)14-4-2-3-13(16)9-14)10-11-5-7-12(8-6-11)15(17,18)19/h2-9H,10H2,1H3. The molecule has 8 heteroatoms. The molecule has 0 saturated heterocycles. The Hall–Kier alpha value is -1.57. The molecule has 0 aliphatic heterocycles. The maximum Gasteiger partial charge on any atom is 0.416 e. The summed E-state index contributed by atoms with van der Waals surface area (Å²) >= 11 is 5.79. The number of alkyl halides is 3. The second kappa shape index (κ2) is 6.51. The van der Waals surface area contributed by atoms with Crippen molar-refractivity contribution in [3.63, 3.8) is 0 Å². The second-order valence-electron chi connectivity index (χ2n) is 4.91. The smallest absolute Gasteiger partial charge is 0.207 e. The van der Waals surface area contributed by atoms with E-state index < -0.39 is 21.8 Å². The monoisotopic (exact) mass is 363 g/mol. The molecular weight excluding hydrogens is 351 g/mol. The highest BCUT2D eigenvalue weighted by Gasteiger charge is 2.30. The Balaban J connectivity index is 2.20. The van der Waals surface area contributed by atoms with Crippen LogP contribution in [0, 0.1) is 0 Å². The summed E-state index contributed by atoms with van der Waals surface area (Å²) in [6, 6.07) is 10.2. The van der Waals surface area contributed by atoms with Crippen LogP contribution < -0.4 is 0 Å². The van der Waals surface area contributed by atoms with E-state index >= 15 is 0 Å². The van der Waals surface area contributed by atoms with Gasteiger partial charge in [0.2, 0.25) is 10.0 Å². The highest BCUT2D eigenvalue weighted by atomic mass is 35.5. The van der Waals surface area contributed by atoms with Gasteiger partial charge in [0.1, 0.15) is 0 Å². The number of halogens is 4. The van der Waals surface area contributed by atoms with Gasteiger partial charge in [-0.15, -0.1) is 0 Å². The summed E-state index contributed by atoms with van der Waals surface area (Å²) in [4.78, 5) is 0.0272. The largest absolute Gasteiger partial charge is 0.416 e. The van der Waals surface area contributed by atoms with Gasteiger partial charge in [0.15, 0.2) is 0 Å². The number of hydrogen-bond donors (Lipinski definition) is 0. The van der Waals surface area contributed by atoms with Crippen LogP contribution >= 0.6 is 11.6 Å². The molecule has 0 radical (unpaired) electrons. The van der Waals surface area contributed by atoms with Crippen molar-refractivity contribution in [2.45, 2.75) is 17.6 Å². The Kier molecular flexibility index (Phi) is 5.03. The minimum Gasteiger partial charge on any atom is -0.207 e. The molecule has 2 aromatic rings. The fourth-order valence-corrected chi connectivity index (χ4v) is 3.41. The van der Waals surface area contributed by atoms with Crippen LogP contribution in [0.15, 0.2) is 53.4 Å². The average Bonchev–Trinajstić information content (AvgIpc) is 2.46. The molecule has 0 aliphatic carbocycles. The van der Waals surface area contributed by atoms with E-state index in [-0.39, 0.29) is 16.5 Å². The summed E-state index contributed by atoms with van der Waals surface area (Å²) in [7, 11) is -2.42. The molecule has 3 nitrogen and oxygen atoms in total. The zero-order valence-corrected chi connectivity index (χ0v) is 13.6. The van der Waals surface area contributed by atoms with Gasteiger partial charge < -0.3 is 0 Å². The van der Waals surface area contributed by atoms with Crippen molar-refractivity contribution < 1.29 is 21.6 Å². The minimum atomic E-state index is -4.42. The van der Waals surface area contributed by atoms with Gasteiger partial charge in [-0.1, -0.05) is 29.8 Å². The molecule has 0 spiro atoms. The zero-order chi connectivity index (χ0) is 17.3. The van der Waals surface area contributed by atoms with Crippen molar-refractivity contribution in [2.75, 3.05) is 7.05 Å². The zero-order valence-electron chi connectivity index (χ0n) is 12.0. The number of sulfonamides is 1. The van der Waals surface area contributed by atoms with Crippen molar-refractivity contribution >= 4 is 21.6 Å². The first-order chi connectivity index (χ1) is 10.6. The molecule has 2 aromatic carbocycles. The Bertz CT molecular complexity index is 789. The van der Waals surface area contributed by atoms with E-state index in [2.05, 4.69) is 0 Å². The van der Waals surface area contributed by atoms with E-state index in [1.54, 1.807) is 6.07 Å². The van der Waals surface area contributed by atoms with Crippen LogP contribution in [-0.4, -0.2) is 19.8 Å². The highest BCUT2D eigenvalue weighted by molar-refractivity contribution is 7.89. The van der Waals surface area contributed by atoms with E-state index in [9.17, 15) is 21.6 Å². The van der Waals surface area contributed by atoms with Crippen LogP contribution in [0.2, 0.25) is 5.02 Å². The topological polar surface area (TPSA) is 37.4 Å². The van der Waals surface area contributed by atoms with Gasteiger partial charge in [0.25, 0.3) is 0 Å². The lowest BCUT2D eigenvalue weighted by molar-refractivity contribution is -0.137. The predicted molar refractivity (Wildman–Crippen MR) is 81.5 cm³/mol. The quantitative estimate of drug-likeness (QED) is 0.817. The minimum absolute atomic E-state index is 0.0272. The summed E-state index contributed by atoms with van der Waals surface area (Å²) < 4.78 is 63.4. The number of benzene rings is 2. The molecule has 2 rings (SSSR count). The van der Waals surface area contributed by atoms with Gasteiger partial charge in [-0.25, -0.2) is 8.42 Å². The first kappa shape index (κ1) is 17.8. The van der Waals surface area contributed by atoms with Gasteiger partial charge in [0.05, 0.1) is 10.5 Å². The van der Waals surface area contributed by atoms with Crippen LogP contribution in [-0.2, 0) is 22.7 Å². The van der Waals surface area contributed by atoms with E-state index in [1.807, 2.05) is 0 Å². The molecule has 0 aliphatic rings. The molecule has 23 heavy (non-hydrogen) atoms. The lowest BCUT2D eigenvalue weighted by atomic mass is 10.1. The molecule has 0 atom stereocenters. The van der Waals surface area contributed by atoms with Gasteiger partial charge in [-0.3, -0.25) is 0 Å². The van der Waals surface area contributed by atoms with Crippen molar-refractivity contribution in [3.05, 3.63) is 64.7 Å². The Labute approximate surface area is 137 Å². The Morgan fingerprint density at radius 3 is 2.22 bits per heavy atom. The van der Waals surface area contributed by atoms with Crippen molar-refractivity contribution in [2.24, 2.45) is 0 Å². The van der Waals surface area contributed by atoms with Crippen molar-refractivity contribution in [1.82, 2.24) is 4.31 Å². The Morgan fingerprint density at radius 1 is 1.09 bits per heavy atom. The maximum atomic E-state index is 12.5. The number of rotatable bonds is 4. The van der Waals surface area contributed by atoms with Crippen molar-refractivity contribution in [3.8, 4) is 0 Å². The summed E-state index contributed by atoms with van der Waals surface area (Å²) in [6.45, 7) is -0.0486. The van der Waals surface area contributed by atoms with Crippen LogP contribution in [0.1, 0.15) is 11.1 Å². The van der Waals surface area contributed by atoms with E-state index in [1.165, 1.54) is 37.4 Å². The van der Waals surface area contributed by atoms with Gasteiger partial charge in [0, 0.05) is 18.6 Å². The third kappa shape index (κ3) is 4.25. The lowest BCUT2D eigenvalue weighted by Gasteiger charge is -2.18. The highest BCUT2D eigenvalue weighted by Crippen LogP contribution is 2.29. The molecule has 124 valence electrons. The maximum absolute atomic E-state index is 12.5. The number of nitrogens with zero attached hydrogens (tertiary/aromatic N) is 1. The molecule has 0 aromatic heterocycles. The fraction of sp³-hybridized carbons (Fsp3) is 0.200. The van der Waals surface area contributed by atoms with E-state index in [4.69, 9.17) is 11.6 Å². The average molecular weight is 364 g/mol. The summed E-state index contributed by atoms with van der Waals surface area (Å²) in [5.74, 6) is 0. The molecular formula is C15H13ClF3NO2S. The molecule has 0 saturated carbocycles. The molecule has 0 fully saturated rings. The summed E-state index contributed by atoms with van der Waals surface area (Å²) in [5.41, 5.74) is -0.326. The van der Waals surface area contributed by atoms with Crippen LogP contribution in [0.5, 0.6) is 0 Å². The molecule has 0 bridgehead atoms. The SMILES string of the molecule is CN(Cc1ccc(C(F)(F)F)cc1)S(=O)(=O)c1cccc(Cl)c1. The summed E-state index contributed by atoms with van der Waals surface area (Å²) in [5, 5.41) is 0.286. The predicted octanol–water partition coefficient (Wildman–Crippen LogP) is 4.18. The van der Waals surface area contributed by atoms with Crippen LogP contribution in [0.4, 0.5) is 13.2 Å². The third-order valence-electron chi connectivity index (χ3n) is 3.19. The molecule has 0 unspecified atom stereocenters. The third-order valence-corrected chi connectivity index (χ3v) is 5.23. The summed E-state index contributed by atoms with van der Waals surface area (Å²) in [6.07, 6.45) is -4.42. The normalized spacial score (nSPS) is 12.6. The Morgan fingerprint density at radius 2 is 1.70 bits per heavy atom. The van der Waals surface area contributed by atoms with Crippen LogP contribution in [0.25, 0.3) is 0 Å². The molecule has 0 amide bonds. The van der Waals surface area contributed by atoms with E-state index in [0.29, 0.717) is 5.56 Å². The van der Waals surface area contributed by atoms with Crippen LogP contribution in [0.3, 0.4) is 0 Å². The molecule has 0 heterocycles. The second-order valence-corrected chi connectivity index (χ2v) is 7.39. The van der Waals surface area contributed by atoms with Gasteiger partial charge >= 0.3 is 6.18 Å². The van der Waals surface area contributed by atoms with Gasteiger partial charge in [-0.05, 0) is 35.9 Å².